The molecular formula is C15H20N4O. The summed E-state index contributed by atoms with van der Waals surface area (Å²) >= 11 is 0. The van der Waals surface area contributed by atoms with Crippen LogP contribution in [0.15, 0.2) is 18.3 Å². The number of nitrogens with one attached hydrogen (secondary N) is 1. The van der Waals surface area contributed by atoms with Gasteiger partial charge in [0.25, 0.3) is 0 Å². The maximum Gasteiger partial charge on any atom is 0.160 e. The highest BCUT2D eigenvalue weighted by atomic mass is 16.5. The Morgan fingerprint density at radius 2 is 2.40 bits per heavy atom. The van der Waals surface area contributed by atoms with Crippen molar-refractivity contribution >= 4 is 11.2 Å². The Labute approximate surface area is 118 Å². The van der Waals surface area contributed by atoms with Crippen LogP contribution in [0.2, 0.25) is 0 Å². The predicted octanol–water partition coefficient (Wildman–Crippen LogP) is 1.69. The summed E-state index contributed by atoms with van der Waals surface area (Å²) in [6.07, 6.45) is 5.66. The van der Waals surface area contributed by atoms with Gasteiger partial charge < -0.3 is 14.6 Å². The third kappa shape index (κ3) is 2.11. The Bertz CT molecular complexity index is 597. The Hall–Kier alpha value is -1.46. The summed E-state index contributed by atoms with van der Waals surface area (Å²) in [7, 11) is 0. The van der Waals surface area contributed by atoms with Crippen LogP contribution in [0, 0.1) is 0 Å². The summed E-state index contributed by atoms with van der Waals surface area (Å²) in [6, 6.07) is 4.02. The molecule has 2 aromatic heterocycles. The molecule has 106 valence electrons. The van der Waals surface area contributed by atoms with Crippen molar-refractivity contribution in [2.24, 2.45) is 0 Å². The second-order valence-electron chi connectivity index (χ2n) is 5.75. The highest BCUT2D eigenvalue weighted by molar-refractivity contribution is 5.71. The molecule has 4 rings (SSSR count). The molecule has 0 spiro atoms. The van der Waals surface area contributed by atoms with Crippen molar-refractivity contribution in [1.29, 1.82) is 0 Å². The fraction of sp³-hybridized carbons (Fsp3) is 0.600. The third-order valence-electron chi connectivity index (χ3n) is 4.37. The summed E-state index contributed by atoms with van der Waals surface area (Å²) in [5, 5.41) is 3.43. The Kier molecular flexibility index (Phi) is 3.16. The number of imidazole rings is 1. The zero-order chi connectivity index (χ0) is 13.4. The van der Waals surface area contributed by atoms with Gasteiger partial charge >= 0.3 is 0 Å². The number of hydrogen-bond donors (Lipinski definition) is 1. The third-order valence-corrected chi connectivity index (χ3v) is 4.37. The van der Waals surface area contributed by atoms with Gasteiger partial charge in [-0.2, -0.15) is 0 Å². The molecule has 1 N–H and O–H groups in total. The first-order valence-electron chi connectivity index (χ1n) is 7.55. The number of hydrogen-bond acceptors (Lipinski definition) is 4. The lowest BCUT2D eigenvalue weighted by molar-refractivity contribution is 0.0968. The molecule has 2 aliphatic heterocycles. The van der Waals surface area contributed by atoms with Gasteiger partial charge in [-0.3, -0.25) is 0 Å². The highest BCUT2D eigenvalue weighted by Crippen LogP contribution is 2.27. The Balaban J connectivity index is 1.75. The van der Waals surface area contributed by atoms with E-state index in [2.05, 4.69) is 20.9 Å². The van der Waals surface area contributed by atoms with E-state index in [1.54, 1.807) is 0 Å². The number of aromatic nitrogens is 3. The van der Waals surface area contributed by atoms with Crippen LogP contribution in [-0.4, -0.2) is 40.3 Å². The van der Waals surface area contributed by atoms with Crippen molar-refractivity contribution in [1.82, 2.24) is 19.9 Å². The van der Waals surface area contributed by atoms with Gasteiger partial charge in [0, 0.05) is 25.3 Å². The first-order chi connectivity index (χ1) is 9.92. The number of ether oxygens (including phenoxy) is 1. The van der Waals surface area contributed by atoms with Crippen LogP contribution in [0.4, 0.5) is 0 Å². The average Bonchev–Trinajstić information content (AvgIpc) is 3.19. The van der Waals surface area contributed by atoms with Gasteiger partial charge in [-0.25, -0.2) is 9.97 Å². The second kappa shape index (κ2) is 5.14. The predicted molar refractivity (Wildman–Crippen MR) is 76.7 cm³/mol. The lowest BCUT2D eigenvalue weighted by Gasteiger charge is -2.16. The minimum atomic E-state index is 0.322. The molecule has 2 saturated heterocycles. The van der Waals surface area contributed by atoms with E-state index in [1.165, 1.54) is 12.2 Å². The zero-order valence-corrected chi connectivity index (χ0v) is 11.6. The average molecular weight is 272 g/mol. The van der Waals surface area contributed by atoms with E-state index in [0.29, 0.717) is 12.0 Å². The van der Waals surface area contributed by atoms with Gasteiger partial charge in [-0.1, -0.05) is 0 Å². The van der Waals surface area contributed by atoms with E-state index >= 15 is 0 Å². The Morgan fingerprint density at radius 3 is 3.20 bits per heavy atom. The van der Waals surface area contributed by atoms with Gasteiger partial charge in [-0.15, -0.1) is 0 Å². The first-order valence-corrected chi connectivity index (χ1v) is 7.55. The van der Waals surface area contributed by atoms with Crippen LogP contribution in [-0.2, 0) is 11.3 Å². The molecule has 2 aromatic rings. The SMILES string of the molecule is c1cnc2c(c1)nc(C1CCNC1)n2CC1CCCO1. The van der Waals surface area contributed by atoms with E-state index in [-0.39, 0.29) is 0 Å². The molecule has 0 radical (unpaired) electrons. The first kappa shape index (κ1) is 12.3. The molecule has 0 saturated carbocycles. The highest BCUT2D eigenvalue weighted by Gasteiger charge is 2.26. The van der Waals surface area contributed by atoms with Crippen LogP contribution in [0.3, 0.4) is 0 Å². The summed E-state index contributed by atoms with van der Waals surface area (Å²) in [4.78, 5) is 9.38. The van der Waals surface area contributed by atoms with Crippen LogP contribution in [0.25, 0.3) is 11.2 Å². The lowest BCUT2D eigenvalue weighted by atomic mass is 10.1. The molecule has 0 amide bonds. The number of fused-ring (bicyclic) bond motifs is 1. The van der Waals surface area contributed by atoms with Crippen LogP contribution in [0.1, 0.15) is 31.0 Å². The molecule has 5 nitrogen and oxygen atoms in total. The molecule has 2 unspecified atom stereocenters. The van der Waals surface area contributed by atoms with Gasteiger partial charge in [0.15, 0.2) is 5.65 Å². The van der Waals surface area contributed by atoms with Crippen LogP contribution >= 0.6 is 0 Å². The largest absolute Gasteiger partial charge is 0.376 e. The Morgan fingerprint density at radius 1 is 1.40 bits per heavy atom. The van der Waals surface area contributed by atoms with Gasteiger partial charge in [0.2, 0.25) is 0 Å². The van der Waals surface area contributed by atoms with Gasteiger partial charge in [0.05, 0.1) is 12.6 Å². The fourth-order valence-electron chi connectivity index (χ4n) is 3.33. The zero-order valence-electron chi connectivity index (χ0n) is 11.6. The molecule has 20 heavy (non-hydrogen) atoms. The monoisotopic (exact) mass is 272 g/mol. The summed E-state index contributed by atoms with van der Waals surface area (Å²) in [6.45, 7) is 3.89. The molecule has 0 bridgehead atoms. The fourth-order valence-corrected chi connectivity index (χ4v) is 3.33. The van der Waals surface area contributed by atoms with Crippen molar-refractivity contribution in [3.63, 3.8) is 0 Å². The smallest absolute Gasteiger partial charge is 0.160 e. The van der Waals surface area contributed by atoms with Crippen molar-refractivity contribution in [2.45, 2.75) is 37.8 Å². The molecule has 4 heterocycles. The standard InChI is InChI=1S/C15H20N4O/c1-4-13-15(17-6-1)19(10-12-3-2-8-20-12)14(18-13)11-5-7-16-9-11/h1,4,6,11-12,16H,2-3,5,7-10H2. The second-order valence-corrected chi connectivity index (χ2v) is 5.75. The van der Waals surface area contributed by atoms with E-state index in [4.69, 9.17) is 9.72 Å². The molecule has 5 heteroatoms. The number of rotatable bonds is 3. The molecular weight excluding hydrogens is 252 g/mol. The maximum atomic E-state index is 5.80. The topological polar surface area (TPSA) is 52.0 Å². The van der Waals surface area contributed by atoms with Crippen LogP contribution in [0.5, 0.6) is 0 Å². The summed E-state index contributed by atoms with van der Waals surface area (Å²) in [5.74, 6) is 1.69. The van der Waals surface area contributed by atoms with Crippen LogP contribution < -0.4 is 5.32 Å². The minimum Gasteiger partial charge on any atom is -0.376 e. The maximum absolute atomic E-state index is 5.80. The van der Waals surface area contributed by atoms with E-state index in [1.807, 2.05) is 12.3 Å². The van der Waals surface area contributed by atoms with E-state index < -0.39 is 0 Å². The number of pyridine rings is 1. The van der Waals surface area contributed by atoms with Gasteiger partial charge in [-0.05, 0) is 37.9 Å². The molecule has 2 fully saturated rings. The van der Waals surface area contributed by atoms with Crippen molar-refractivity contribution < 1.29 is 4.74 Å². The van der Waals surface area contributed by atoms with E-state index in [9.17, 15) is 0 Å². The lowest BCUT2D eigenvalue weighted by Crippen LogP contribution is -2.19. The summed E-state index contributed by atoms with van der Waals surface area (Å²) < 4.78 is 8.10. The molecule has 0 aliphatic carbocycles. The normalized spacial score (nSPS) is 26.6. The van der Waals surface area contributed by atoms with Crippen molar-refractivity contribution in [3.8, 4) is 0 Å². The molecule has 0 aromatic carbocycles. The van der Waals surface area contributed by atoms with E-state index in [0.717, 1.165) is 50.2 Å². The molecule has 2 atom stereocenters. The number of nitrogens with zero attached hydrogens (tertiary/aromatic N) is 3. The van der Waals surface area contributed by atoms with Gasteiger partial charge in [0.1, 0.15) is 11.3 Å². The van der Waals surface area contributed by atoms with Crippen molar-refractivity contribution in [2.75, 3.05) is 19.7 Å². The van der Waals surface area contributed by atoms with Crippen molar-refractivity contribution in [3.05, 3.63) is 24.2 Å². The minimum absolute atomic E-state index is 0.322. The summed E-state index contributed by atoms with van der Waals surface area (Å²) in [5.41, 5.74) is 2.01. The quantitative estimate of drug-likeness (QED) is 0.924. The molecule has 2 aliphatic rings.